The third-order valence-corrected chi connectivity index (χ3v) is 6.17. The zero-order valence-corrected chi connectivity index (χ0v) is 13.9. The summed E-state index contributed by atoms with van der Waals surface area (Å²) in [7, 11) is -3.17. The normalized spacial score (nSPS) is 16.8. The molecule has 1 amide bonds. The highest BCUT2D eigenvalue weighted by Crippen LogP contribution is 2.25. The number of amides is 1. The lowest BCUT2D eigenvalue weighted by molar-refractivity contribution is -0.111. The van der Waals surface area contributed by atoms with E-state index in [0.29, 0.717) is 24.3 Å². The van der Waals surface area contributed by atoms with Crippen molar-refractivity contribution in [3.63, 3.8) is 0 Å². The highest BCUT2D eigenvalue weighted by atomic mass is 32.2. The number of hydrogen-bond donors (Lipinski definition) is 1. The largest absolute Gasteiger partial charge is 0.323 e. The van der Waals surface area contributed by atoms with Crippen LogP contribution in [0, 0.1) is 0 Å². The van der Waals surface area contributed by atoms with Crippen molar-refractivity contribution >= 4 is 44.7 Å². The first-order chi connectivity index (χ1) is 11.0. The molecule has 3 rings (SSSR count). The zero-order valence-electron chi connectivity index (χ0n) is 12.3. The molecule has 2 aromatic rings. The van der Waals surface area contributed by atoms with Crippen molar-refractivity contribution < 1.29 is 13.2 Å². The number of nitrogens with zero attached hydrogens (tertiary/aromatic N) is 1. The molecule has 0 bridgehead atoms. The second-order valence-electron chi connectivity index (χ2n) is 5.13. The minimum Gasteiger partial charge on any atom is -0.323 e. The summed E-state index contributed by atoms with van der Waals surface area (Å²) in [5.41, 5.74) is 1.26. The van der Waals surface area contributed by atoms with E-state index < -0.39 is 10.0 Å². The Morgan fingerprint density at radius 3 is 2.61 bits per heavy atom. The van der Waals surface area contributed by atoms with Crippen LogP contribution in [0.5, 0.6) is 0 Å². The molecule has 2 heterocycles. The third kappa shape index (κ3) is 3.80. The van der Waals surface area contributed by atoms with Gasteiger partial charge in [0.1, 0.15) is 0 Å². The fraction of sp³-hybridized carbons (Fsp3) is 0.188. The molecular weight excluding hydrogens is 332 g/mol. The Morgan fingerprint density at radius 1 is 1.22 bits per heavy atom. The van der Waals surface area contributed by atoms with E-state index in [0.717, 1.165) is 4.88 Å². The molecule has 1 aliphatic rings. The van der Waals surface area contributed by atoms with Gasteiger partial charge in [-0.1, -0.05) is 6.07 Å². The van der Waals surface area contributed by atoms with Gasteiger partial charge < -0.3 is 5.32 Å². The zero-order chi connectivity index (χ0) is 16.3. The number of nitrogens with one attached hydrogen (secondary N) is 1. The van der Waals surface area contributed by atoms with Crippen LogP contribution in [-0.4, -0.2) is 26.6 Å². The average molecular weight is 348 g/mol. The first-order valence-corrected chi connectivity index (χ1v) is 9.66. The van der Waals surface area contributed by atoms with Crippen molar-refractivity contribution in [3.8, 4) is 0 Å². The minimum absolute atomic E-state index is 0.193. The molecular formula is C16H16N2O3S2. The van der Waals surface area contributed by atoms with Gasteiger partial charge in [0.2, 0.25) is 15.9 Å². The number of anilines is 2. The van der Waals surface area contributed by atoms with Crippen LogP contribution in [0.3, 0.4) is 0 Å². The van der Waals surface area contributed by atoms with Crippen LogP contribution in [0.1, 0.15) is 11.3 Å². The van der Waals surface area contributed by atoms with E-state index in [1.54, 1.807) is 41.7 Å². The summed E-state index contributed by atoms with van der Waals surface area (Å²) < 4.78 is 25.2. The molecule has 1 N–H and O–H groups in total. The fourth-order valence-corrected chi connectivity index (χ4v) is 4.55. The van der Waals surface area contributed by atoms with Crippen molar-refractivity contribution in [2.75, 3.05) is 21.9 Å². The Labute approximate surface area is 139 Å². The SMILES string of the molecule is O=C(/C=C/c1cccs1)Nc1ccc(N2CCCS2(=O)=O)cc1. The Morgan fingerprint density at radius 2 is 2.00 bits per heavy atom. The van der Waals surface area contributed by atoms with E-state index in [4.69, 9.17) is 0 Å². The Hall–Kier alpha value is -2.12. The van der Waals surface area contributed by atoms with Gasteiger partial charge in [-0.05, 0) is 48.2 Å². The van der Waals surface area contributed by atoms with E-state index in [1.807, 2.05) is 17.5 Å². The molecule has 0 saturated carbocycles. The summed E-state index contributed by atoms with van der Waals surface area (Å²) in [6.07, 6.45) is 3.88. The van der Waals surface area contributed by atoms with Gasteiger partial charge >= 0.3 is 0 Å². The van der Waals surface area contributed by atoms with E-state index in [2.05, 4.69) is 5.32 Å². The van der Waals surface area contributed by atoms with Crippen molar-refractivity contribution in [3.05, 3.63) is 52.7 Å². The minimum atomic E-state index is -3.17. The molecule has 0 aliphatic carbocycles. The quantitative estimate of drug-likeness (QED) is 0.864. The van der Waals surface area contributed by atoms with E-state index in [1.165, 1.54) is 10.4 Å². The number of benzene rings is 1. The van der Waals surface area contributed by atoms with E-state index in [9.17, 15) is 13.2 Å². The molecule has 1 fully saturated rings. The van der Waals surface area contributed by atoms with E-state index in [-0.39, 0.29) is 11.7 Å². The number of carbonyl (C=O) groups excluding carboxylic acids is 1. The number of rotatable bonds is 4. The number of thiophene rings is 1. The second-order valence-corrected chi connectivity index (χ2v) is 8.12. The number of carbonyl (C=O) groups is 1. The Balaban J connectivity index is 1.65. The maximum Gasteiger partial charge on any atom is 0.248 e. The molecule has 1 aliphatic heterocycles. The molecule has 0 atom stereocenters. The highest BCUT2D eigenvalue weighted by Gasteiger charge is 2.28. The molecule has 1 aromatic carbocycles. The van der Waals surface area contributed by atoms with Gasteiger partial charge in [-0.2, -0.15) is 0 Å². The summed E-state index contributed by atoms with van der Waals surface area (Å²) in [5, 5.41) is 4.70. The van der Waals surface area contributed by atoms with Gasteiger partial charge in [0, 0.05) is 23.2 Å². The second kappa shape index (κ2) is 6.55. The Kier molecular flexibility index (Phi) is 4.49. The van der Waals surface area contributed by atoms with Crippen LogP contribution >= 0.6 is 11.3 Å². The maximum absolute atomic E-state index is 11.9. The summed E-state index contributed by atoms with van der Waals surface area (Å²) >= 11 is 1.56. The van der Waals surface area contributed by atoms with Crippen LogP contribution in [0.4, 0.5) is 11.4 Å². The molecule has 7 heteroatoms. The van der Waals surface area contributed by atoms with Crippen molar-refractivity contribution in [1.82, 2.24) is 0 Å². The van der Waals surface area contributed by atoms with Crippen molar-refractivity contribution in [1.29, 1.82) is 0 Å². The molecule has 0 unspecified atom stereocenters. The predicted octanol–water partition coefficient (Wildman–Crippen LogP) is 2.94. The highest BCUT2D eigenvalue weighted by molar-refractivity contribution is 7.93. The van der Waals surface area contributed by atoms with Gasteiger partial charge in [0.15, 0.2) is 0 Å². The molecule has 1 aromatic heterocycles. The lowest BCUT2D eigenvalue weighted by atomic mass is 10.2. The summed E-state index contributed by atoms with van der Waals surface area (Å²) in [6, 6.07) is 10.7. The predicted molar refractivity (Wildman–Crippen MR) is 94.2 cm³/mol. The molecule has 0 spiro atoms. The Bertz CT molecular complexity index is 810. The lowest BCUT2D eigenvalue weighted by Gasteiger charge is -2.17. The van der Waals surface area contributed by atoms with Gasteiger partial charge in [-0.25, -0.2) is 8.42 Å². The van der Waals surface area contributed by atoms with Crippen LogP contribution < -0.4 is 9.62 Å². The summed E-state index contributed by atoms with van der Waals surface area (Å²) in [4.78, 5) is 12.9. The lowest BCUT2D eigenvalue weighted by Crippen LogP contribution is -2.24. The standard InChI is InChI=1S/C16H16N2O3S2/c19-16(9-8-15-3-1-11-22-15)17-13-4-6-14(7-5-13)18-10-2-12-23(18,20)21/h1,3-9,11H,2,10,12H2,(H,17,19)/b9-8+. The molecule has 1 saturated heterocycles. The monoisotopic (exact) mass is 348 g/mol. The van der Waals surface area contributed by atoms with Crippen molar-refractivity contribution in [2.45, 2.75) is 6.42 Å². The average Bonchev–Trinajstić information content (AvgIpc) is 3.15. The molecule has 0 radical (unpaired) electrons. The fourth-order valence-electron chi connectivity index (χ4n) is 2.37. The van der Waals surface area contributed by atoms with Crippen molar-refractivity contribution in [2.24, 2.45) is 0 Å². The number of hydrogen-bond acceptors (Lipinski definition) is 4. The molecule has 5 nitrogen and oxygen atoms in total. The molecule has 23 heavy (non-hydrogen) atoms. The maximum atomic E-state index is 11.9. The van der Waals surface area contributed by atoms with Crippen LogP contribution in [0.2, 0.25) is 0 Å². The van der Waals surface area contributed by atoms with Gasteiger partial charge in [0.05, 0.1) is 11.4 Å². The number of sulfonamides is 1. The summed E-state index contributed by atoms with van der Waals surface area (Å²) in [5.74, 6) is -0.0288. The molecule has 120 valence electrons. The van der Waals surface area contributed by atoms with Crippen LogP contribution in [0.15, 0.2) is 47.9 Å². The first kappa shape index (κ1) is 15.8. The van der Waals surface area contributed by atoms with Gasteiger partial charge in [-0.3, -0.25) is 9.10 Å². The summed E-state index contributed by atoms with van der Waals surface area (Å²) in [6.45, 7) is 0.511. The van der Waals surface area contributed by atoms with Crippen LogP contribution in [-0.2, 0) is 14.8 Å². The smallest absolute Gasteiger partial charge is 0.248 e. The van der Waals surface area contributed by atoms with Crippen LogP contribution in [0.25, 0.3) is 6.08 Å². The topological polar surface area (TPSA) is 66.5 Å². The van der Waals surface area contributed by atoms with E-state index >= 15 is 0 Å². The third-order valence-electron chi connectivity index (χ3n) is 3.46. The van der Waals surface area contributed by atoms with Gasteiger partial charge in [-0.15, -0.1) is 11.3 Å². The first-order valence-electron chi connectivity index (χ1n) is 7.18. The van der Waals surface area contributed by atoms with Gasteiger partial charge in [0.25, 0.3) is 0 Å².